The summed E-state index contributed by atoms with van der Waals surface area (Å²) in [4.78, 5) is 15.9. The van der Waals surface area contributed by atoms with Crippen molar-refractivity contribution in [3.05, 3.63) is 94.8 Å². The van der Waals surface area contributed by atoms with Crippen LogP contribution in [0.15, 0.2) is 66.7 Å². The molecular formula is C27H28N2O3. The van der Waals surface area contributed by atoms with Crippen LogP contribution in [-0.2, 0) is 18.6 Å². The third-order valence-corrected chi connectivity index (χ3v) is 5.61. The van der Waals surface area contributed by atoms with E-state index in [0.29, 0.717) is 18.9 Å². The van der Waals surface area contributed by atoms with Crippen molar-refractivity contribution in [3.8, 4) is 5.75 Å². The van der Waals surface area contributed by atoms with E-state index < -0.39 is 5.97 Å². The van der Waals surface area contributed by atoms with E-state index in [0.717, 1.165) is 16.9 Å². The zero-order chi connectivity index (χ0) is 22.9. The van der Waals surface area contributed by atoms with Crippen LogP contribution in [0.3, 0.4) is 0 Å². The second kappa shape index (κ2) is 8.50. The molecule has 32 heavy (non-hydrogen) atoms. The van der Waals surface area contributed by atoms with E-state index in [1.165, 1.54) is 16.7 Å². The number of hydrogen-bond donors (Lipinski definition) is 1. The Kier molecular flexibility index (Phi) is 5.74. The lowest BCUT2D eigenvalue weighted by atomic mass is 9.87. The van der Waals surface area contributed by atoms with Crippen molar-refractivity contribution in [2.75, 3.05) is 0 Å². The summed E-state index contributed by atoms with van der Waals surface area (Å²) < 4.78 is 8.15. The standard InChI is InChI=1S/C27H28N2O3/c1-18-5-14-23-24(15-18)29(16-19-6-10-21(11-7-19)27(2,3)4)25(28-23)17-32-22-12-8-20(9-13-22)26(30)31/h5-15H,16-17H2,1-4H3,(H,30,31). The maximum Gasteiger partial charge on any atom is 0.335 e. The molecule has 0 fully saturated rings. The molecule has 0 unspecified atom stereocenters. The van der Waals surface area contributed by atoms with Gasteiger partial charge in [0.25, 0.3) is 0 Å². The molecule has 1 heterocycles. The Morgan fingerprint density at radius 3 is 2.31 bits per heavy atom. The molecule has 1 N–H and O–H groups in total. The highest BCUT2D eigenvalue weighted by atomic mass is 16.5. The van der Waals surface area contributed by atoms with Crippen LogP contribution in [0.1, 0.15) is 53.6 Å². The number of nitrogens with zero attached hydrogens (tertiary/aromatic N) is 2. The molecule has 4 aromatic rings. The molecule has 0 spiro atoms. The number of fused-ring (bicyclic) bond motifs is 1. The molecule has 0 saturated carbocycles. The lowest BCUT2D eigenvalue weighted by molar-refractivity contribution is 0.0697. The Labute approximate surface area is 188 Å². The number of benzene rings is 3. The van der Waals surface area contributed by atoms with Crippen molar-refractivity contribution in [2.24, 2.45) is 0 Å². The van der Waals surface area contributed by atoms with E-state index in [1.54, 1.807) is 24.3 Å². The van der Waals surface area contributed by atoms with Crippen LogP contribution < -0.4 is 4.74 Å². The Bertz CT molecular complexity index is 1250. The molecule has 5 heteroatoms. The van der Waals surface area contributed by atoms with E-state index in [4.69, 9.17) is 14.8 Å². The van der Waals surface area contributed by atoms with Crippen molar-refractivity contribution in [3.63, 3.8) is 0 Å². The first-order chi connectivity index (χ1) is 15.2. The molecular weight excluding hydrogens is 400 g/mol. The summed E-state index contributed by atoms with van der Waals surface area (Å²) in [6.07, 6.45) is 0. The molecule has 0 aliphatic heterocycles. The molecule has 5 nitrogen and oxygen atoms in total. The van der Waals surface area contributed by atoms with Gasteiger partial charge in [0.2, 0.25) is 0 Å². The van der Waals surface area contributed by atoms with Gasteiger partial charge in [-0.1, -0.05) is 51.1 Å². The average molecular weight is 429 g/mol. The molecule has 1 aromatic heterocycles. The second-order valence-corrected chi connectivity index (χ2v) is 9.17. The summed E-state index contributed by atoms with van der Waals surface area (Å²) >= 11 is 0. The maximum absolute atomic E-state index is 11.1. The van der Waals surface area contributed by atoms with Gasteiger partial charge in [-0.2, -0.15) is 0 Å². The number of rotatable bonds is 6. The first-order valence-electron chi connectivity index (χ1n) is 10.7. The SMILES string of the molecule is Cc1ccc2nc(COc3ccc(C(=O)O)cc3)n(Cc3ccc(C(C)(C)C)cc3)c2c1. The van der Waals surface area contributed by atoms with E-state index in [9.17, 15) is 4.79 Å². The first-order valence-corrected chi connectivity index (χ1v) is 10.7. The second-order valence-electron chi connectivity index (χ2n) is 9.17. The van der Waals surface area contributed by atoms with Gasteiger partial charge in [0, 0.05) is 6.54 Å². The van der Waals surface area contributed by atoms with Crippen molar-refractivity contribution < 1.29 is 14.6 Å². The van der Waals surface area contributed by atoms with Crippen LogP contribution in [0, 0.1) is 6.92 Å². The first kappa shape index (κ1) is 21.6. The predicted octanol–water partition coefficient (Wildman–Crippen LogP) is 5.97. The van der Waals surface area contributed by atoms with Gasteiger partial charge in [-0.15, -0.1) is 0 Å². The molecule has 0 aliphatic rings. The summed E-state index contributed by atoms with van der Waals surface area (Å²) in [6.45, 7) is 9.71. The van der Waals surface area contributed by atoms with Gasteiger partial charge in [0.05, 0.1) is 16.6 Å². The Hall–Kier alpha value is -3.60. The topological polar surface area (TPSA) is 64.3 Å². The molecule has 0 atom stereocenters. The van der Waals surface area contributed by atoms with E-state index in [2.05, 4.69) is 68.7 Å². The van der Waals surface area contributed by atoms with Gasteiger partial charge in [0.1, 0.15) is 18.2 Å². The summed E-state index contributed by atoms with van der Waals surface area (Å²) in [5.74, 6) is 0.485. The van der Waals surface area contributed by atoms with Gasteiger partial charge in [-0.25, -0.2) is 9.78 Å². The molecule has 0 aliphatic carbocycles. The van der Waals surface area contributed by atoms with Crippen molar-refractivity contribution >= 4 is 17.0 Å². The van der Waals surface area contributed by atoms with Crippen LogP contribution in [0.5, 0.6) is 5.75 Å². The normalized spacial score (nSPS) is 11.6. The maximum atomic E-state index is 11.1. The smallest absolute Gasteiger partial charge is 0.335 e. The fourth-order valence-corrected chi connectivity index (χ4v) is 3.70. The quantitative estimate of drug-likeness (QED) is 0.411. The fraction of sp³-hybridized carbons (Fsp3) is 0.259. The molecule has 4 rings (SSSR count). The lowest BCUT2D eigenvalue weighted by Gasteiger charge is -2.19. The number of aromatic nitrogens is 2. The Morgan fingerprint density at radius 2 is 1.69 bits per heavy atom. The fourth-order valence-electron chi connectivity index (χ4n) is 3.70. The summed E-state index contributed by atoms with van der Waals surface area (Å²) in [5, 5.41) is 9.07. The lowest BCUT2D eigenvalue weighted by Crippen LogP contribution is -2.12. The summed E-state index contributed by atoms with van der Waals surface area (Å²) in [6, 6.07) is 21.4. The monoisotopic (exact) mass is 428 g/mol. The van der Waals surface area contributed by atoms with Crippen LogP contribution in [0.25, 0.3) is 11.0 Å². The van der Waals surface area contributed by atoms with Crippen LogP contribution in [-0.4, -0.2) is 20.6 Å². The largest absolute Gasteiger partial charge is 0.486 e. The Morgan fingerprint density at radius 1 is 1.00 bits per heavy atom. The van der Waals surface area contributed by atoms with Gasteiger partial charge in [-0.05, 0) is 65.4 Å². The van der Waals surface area contributed by atoms with Gasteiger partial charge < -0.3 is 14.4 Å². The number of carboxylic acids is 1. The minimum Gasteiger partial charge on any atom is -0.486 e. The van der Waals surface area contributed by atoms with Crippen LogP contribution >= 0.6 is 0 Å². The third-order valence-electron chi connectivity index (χ3n) is 5.61. The van der Waals surface area contributed by atoms with Gasteiger partial charge >= 0.3 is 5.97 Å². The third kappa shape index (κ3) is 4.67. The predicted molar refractivity (Wildman–Crippen MR) is 126 cm³/mol. The zero-order valence-corrected chi connectivity index (χ0v) is 18.9. The van der Waals surface area contributed by atoms with Crippen LogP contribution in [0.4, 0.5) is 0 Å². The van der Waals surface area contributed by atoms with E-state index >= 15 is 0 Å². The molecule has 0 amide bonds. The van der Waals surface area contributed by atoms with E-state index in [-0.39, 0.29) is 11.0 Å². The highest BCUT2D eigenvalue weighted by Crippen LogP contribution is 2.25. The summed E-state index contributed by atoms with van der Waals surface area (Å²) in [5.41, 5.74) is 6.04. The highest BCUT2D eigenvalue weighted by molar-refractivity contribution is 5.87. The number of ether oxygens (including phenoxy) is 1. The zero-order valence-electron chi connectivity index (χ0n) is 18.9. The number of aryl methyl sites for hydroxylation is 1. The Balaban J connectivity index is 1.62. The highest BCUT2D eigenvalue weighted by Gasteiger charge is 2.15. The molecule has 0 saturated heterocycles. The number of imidazole rings is 1. The van der Waals surface area contributed by atoms with Gasteiger partial charge in [-0.3, -0.25) is 0 Å². The minimum absolute atomic E-state index is 0.118. The van der Waals surface area contributed by atoms with Crippen LogP contribution in [0.2, 0.25) is 0 Å². The minimum atomic E-state index is -0.953. The number of carboxylic acid groups (broad SMARTS) is 1. The molecule has 164 valence electrons. The number of hydrogen-bond acceptors (Lipinski definition) is 3. The summed E-state index contributed by atoms with van der Waals surface area (Å²) in [7, 11) is 0. The van der Waals surface area contributed by atoms with Crippen molar-refractivity contribution in [2.45, 2.75) is 46.3 Å². The average Bonchev–Trinajstić information content (AvgIpc) is 3.09. The van der Waals surface area contributed by atoms with E-state index in [1.807, 2.05) is 6.07 Å². The number of aromatic carboxylic acids is 1. The number of carbonyl (C=O) groups is 1. The molecule has 3 aromatic carbocycles. The van der Waals surface area contributed by atoms with Gasteiger partial charge in [0.15, 0.2) is 0 Å². The molecule has 0 bridgehead atoms. The molecule has 0 radical (unpaired) electrons. The van der Waals surface area contributed by atoms with Crippen molar-refractivity contribution in [1.29, 1.82) is 0 Å². The van der Waals surface area contributed by atoms with Crippen molar-refractivity contribution in [1.82, 2.24) is 9.55 Å².